The predicted octanol–water partition coefficient (Wildman–Crippen LogP) is 1.72. The zero-order valence-electron chi connectivity index (χ0n) is 11.4. The first-order valence-electron chi connectivity index (χ1n) is 6.44. The van der Waals surface area contributed by atoms with E-state index in [0.29, 0.717) is 37.0 Å². The molecule has 0 aromatic heterocycles. The van der Waals surface area contributed by atoms with Crippen LogP contribution in [-0.2, 0) is 9.36 Å². The van der Waals surface area contributed by atoms with Gasteiger partial charge in [-0.2, -0.15) is 0 Å². The van der Waals surface area contributed by atoms with Crippen LogP contribution in [0.1, 0.15) is 19.3 Å². The lowest BCUT2D eigenvalue weighted by atomic mass is 10.2. The molecule has 0 aliphatic carbocycles. The Morgan fingerprint density at radius 1 is 1.05 bits per heavy atom. The van der Waals surface area contributed by atoms with Gasteiger partial charge in [-0.1, -0.05) is 13.2 Å². The first-order valence-corrected chi connectivity index (χ1v) is 8.24. The van der Waals surface area contributed by atoms with Gasteiger partial charge in [0.25, 0.3) is 0 Å². The summed E-state index contributed by atoms with van der Waals surface area (Å²) in [5.41, 5.74) is 0. The van der Waals surface area contributed by atoms with Crippen LogP contribution in [0.3, 0.4) is 0 Å². The minimum absolute atomic E-state index is 0.102. The third-order valence-electron chi connectivity index (χ3n) is 3.07. The van der Waals surface area contributed by atoms with Crippen molar-refractivity contribution in [2.24, 2.45) is 0 Å². The summed E-state index contributed by atoms with van der Waals surface area (Å²) in [4.78, 5) is 28.2. The summed E-state index contributed by atoms with van der Waals surface area (Å²) in [6.45, 7) is 10.4. The molecule has 0 aromatic carbocycles. The second-order valence-corrected chi connectivity index (χ2v) is 6.56. The van der Waals surface area contributed by atoms with Gasteiger partial charge in [0.1, 0.15) is 6.29 Å². The van der Waals surface area contributed by atoms with Crippen LogP contribution in [0.5, 0.6) is 0 Å². The highest BCUT2D eigenvalue weighted by molar-refractivity contribution is 7.51. The van der Waals surface area contributed by atoms with Crippen LogP contribution in [0.15, 0.2) is 25.3 Å². The minimum Gasteiger partial charge on any atom is -0.324 e. The van der Waals surface area contributed by atoms with Gasteiger partial charge in [-0.25, -0.2) is 0 Å². The van der Waals surface area contributed by atoms with Gasteiger partial charge in [-0.05, 0) is 12.2 Å². The molecule has 19 heavy (non-hydrogen) atoms. The zero-order valence-corrected chi connectivity index (χ0v) is 12.3. The third kappa shape index (κ3) is 8.89. The Morgan fingerprint density at radius 3 is 2.00 bits per heavy atom. The van der Waals surface area contributed by atoms with Crippen molar-refractivity contribution in [3.8, 4) is 0 Å². The number of nitrogens with zero attached hydrogens (tertiary/aromatic N) is 1. The smallest absolute Gasteiger partial charge is 0.324 e. The molecule has 0 spiro atoms. The molecule has 5 nitrogen and oxygen atoms in total. The summed E-state index contributed by atoms with van der Waals surface area (Å²) in [5.74, 6) is 0. The predicted molar refractivity (Wildman–Crippen MR) is 76.9 cm³/mol. The molecular weight excluding hydrogens is 265 g/mol. The molecule has 0 radical (unpaired) electrons. The fourth-order valence-electron chi connectivity index (χ4n) is 2.22. The average Bonchev–Trinajstić information content (AvgIpc) is 2.28. The minimum atomic E-state index is -3.94. The van der Waals surface area contributed by atoms with Gasteiger partial charge in [-0.15, -0.1) is 0 Å². The van der Waals surface area contributed by atoms with Gasteiger partial charge in [0, 0.05) is 19.3 Å². The van der Waals surface area contributed by atoms with E-state index in [2.05, 4.69) is 13.2 Å². The van der Waals surface area contributed by atoms with E-state index in [1.807, 2.05) is 12.2 Å². The fraction of sp³-hybridized carbons (Fsp3) is 0.615. The summed E-state index contributed by atoms with van der Waals surface area (Å²) >= 11 is 0. The maximum absolute atomic E-state index is 10.9. The second kappa shape index (κ2) is 9.21. The topological polar surface area (TPSA) is 74.6 Å². The molecule has 0 aromatic rings. The number of rotatable bonds is 12. The Bertz CT molecular complexity index is 328. The van der Waals surface area contributed by atoms with Crippen molar-refractivity contribution in [3.05, 3.63) is 25.3 Å². The average molecular weight is 290 g/mol. The number of aldehydes is 1. The molecule has 6 heteroatoms. The van der Waals surface area contributed by atoms with Gasteiger partial charge in [0.2, 0.25) is 0 Å². The number of carbonyl (C=O) groups excluding carboxylic acids is 1. The largest absolute Gasteiger partial charge is 0.325 e. The van der Waals surface area contributed by atoms with Crippen molar-refractivity contribution in [1.29, 1.82) is 0 Å². The van der Waals surface area contributed by atoms with Gasteiger partial charge in [0.05, 0.1) is 32.3 Å². The highest BCUT2D eigenvalue weighted by Gasteiger charge is 2.25. The Kier molecular flexibility index (Phi) is 8.85. The Morgan fingerprint density at radius 2 is 1.58 bits per heavy atom. The summed E-state index contributed by atoms with van der Waals surface area (Å²) in [6.07, 6.45) is 6.13. The number of quaternary nitrogens is 1. The van der Waals surface area contributed by atoms with Crippen molar-refractivity contribution in [3.63, 3.8) is 0 Å². The van der Waals surface area contributed by atoms with E-state index in [0.717, 1.165) is 19.3 Å². The van der Waals surface area contributed by atoms with Crippen LogP contribution in [-0.4, -0.2) is 52.9 Å². The molecule has 0 bridgehead atoms. The molecule has 0 unspecified atom stereocenters. The van der Waals surface area contributed by atoms with Crippen LogP contribution in [0.2, 0.25) is 0 Å². The lowest BCUT2D eigenvalue weighted by molar-refractivity contribution is -0.917. The van der Waals surface area contributed by atoms with E-state index in [9.17, 15) is 9.36 Å². The lowest BCUT2D eigenvalue weighted by Gasteiger charge is -2.37. The fourth-order valence-corrected chi connectivity index (χ4v) is 2.77. The molecular formula is C13H25NO4P+. The summed E-state index contributed by atoms with van der Waals surface area (Å²) in [7, 11) is -3.94. The molecule has 0 amide bonds. The number of carbonyl (C=O) groups is 1. The van der Waals surface area contributed by atoms with Crippen LogP contribution in [0.25, 0.3) is 0 Å². The quantitative estimate of drug-likeness (QED) is 0.189. The molecule has 0 fully saturated rings. The van der Waals surface area contributed by atoms with E-state index in [1.165, 1.54) is 0 Å². The van der Waals surface area contributed by atoms with Crippen LogP contribution in [0.4, 0.5) is 0 Å². The highest BCUT2D eigenvalue weighted by Crippen LogP contribution is 2.35. The molecule has 0 atom stereocenters. The molecule has 0 saturated carbocycles. The van der Waals surface area contributed by atoms with Crippen molar-refractivity contribution in [2.75, 3.05) is 32.3 Å². The van der Waals surface area contributed by atoms with Crippen LogP contribution in [0, 0.1) is 0 Å². The Hall–Kier alpha value is -0.740. The number of hydrogen-bond donors (Lipinski definition) is 2. The summed E-state index contributed by atoms with van der Waals surface area (Å²) in [5, 5.41) is 0. The van der Waals surface area contributed by atoms with Crippen molar-refractivity contribution >= 4 is 13.9 Å². The third-order valence-corrected chi connectivity index (χ3v) is 3.97. The zero-order chi connectivity index (χ0) is 14.8. The first kappa shape index (κ1) is 18.3. The van der Waals surface area contributed by atoms with E-state index in [1.54, 1.807) is 0 Å². The Balaban J connectivity index is 4.58. The van der Waals surface area contributed by atoms with Gasteiger partial charge in [0.15, 0.2) is 0 Å². The van der Waals surface area contributed by atoms with Gasteiger partial charge < -0.3 is 19.1 Å². The maximum Gasteiger partial charge on any atom is 0.325 e. The summed E-state index contributed by atoms with van der Waals surface area (Å²) in [6, 6.07) is 0. The van der Waals surface area contributed by atoms with Gasteiger partial charge in [-0.3, -0.25) is 4.57 Å². The molecule has 0 aliphatic heterocycles. The molecule has 0 aliphatic rings. The molecule has 0 saturated heterocycles. The number of unbranched alkanes of at least 4 members (excludes halogenated alkanes) is 1. The first-order chi connectivity index (χ1) is 8.89. The van der Waals surface area contributed by atoms with Crippen LogP contribution < -0.4 is 0 Å². The van der Waals surface area contributed by atoms with Crippen molar-refractivity contribution < 1.29 is 23.6 Å². The summed E-state index contributed by atoms with van der Waals surface area (Å²) < 4.78 is 11.5. The van der Waals surface area contributed by atoms with Crippen molar-refractivity contribution in [1.82, 2.24) is 0 Å². The molecule has 0 heterocycles. The number of hydrogen-bond acceptors (Lipinski definition) is 2. The second-order valence-electron chi connectivity index (χ2n) is 4.78. The van der Waals surface area contributed by atoms with E-state index in [-0.39, 0.29) is 6.16 Å². The highest BCUT2D eigenvalue weighted by atomic mass is 31.2. The lowest BCUT2D eigenvalue weighted by Crippen LogP contribution is -2.49. The van der Waals surface area contributed by atoms with E-state index in [4.69, 9.17) is 9.79 Å². The van der Waals surface area contributed by atoms with Crippen molar-refractivity contribution in [2.45, 2.75) is 19.3 Å². The molecule has 2 N–H and O–H groups in total. The van der Waals surface area contributed by atoms with Crippen LogP contribution >= 0.6 is 7.60 Å². The standard InChI is InChI=1S/C13H24NO4P/c1-3-8-14(9-4-2,10-5-6-12-15)11-7-13-19(16,17)18/h3-4,12H,1-2,5-11,13H2,(H-,16,17,18)/p+1. The monoisotopic (exact) mass is 290 g/mol. The maximum atomic E-state index is 10.9. The normalized spacial score (nSPS) is 12.1. The SMILES string of the molecule is C=CC[N+](CC=C)(CCCC=O)CCCP(=O)(O)O. The molecule has 110 valence electrons. The van der Waals surface area contributed by atoms with E-state index >= 15 is 0 Å². The van der Waals surface area contributed by atoms with E-state index < -0.39 is 7.60 Å². The Labute approximate surface area is 115 Å². The molecule has 0 rings (SSSR count). The van der Waals surface area contributed by atoms with Gasteiger partial charge >= 0.3 is 7.60 Å².